The fourth-order valence-electron chi connectivity index (χ4n) is 8.09. The predicted molar refractivity (Wildman–Crippen MR) is 253 cm³/mol. The number of ether oxygens (including phenoxy) is 2. The van der Waals surface area contributed by atoms with Crippen molar-refractivity contribution in [2.45, 2.75) is 101 Å². The second-order valence-corrected chi connectivity index (χ2v) is 17.4. The van der Waals surface area contributed by atoms with Crippen LogP contribution in [0.25, 0.3) is 0 Å². The van der Waals surface area contributed by atoms with E-state index in [1.165, 1.54) is 9.80 Å². The molecule has 0 saturated carbocycles. The first-order valence-electron chi connectivity index (χ1n) is 23.7. The number of rotatable bonds is 24. The molecule has 0 spiro atoms. The monoisotopic (exact) mass is 1020 g/mol. The Kier molecular flexibility index (Phi) is 23.3. The normalized spacial score (nSPS) is 17.3. The molecule has 2 saturated heterocycles. The van der Waals surface area contributed by atoms with Crippen LogP contribution in [-0.2, 0) is 51.1 Å². The smallest absolute Gasteiger partial charge is 0.366 e. The highest BCUT2D eigenvalue weighted by atomic mass is 19.4. The third kappa shape index (κ3) is 18.4. The van der Waals surface area contributed by atoms with Gasteiger partial charge < -0.3 is 50.3 Å². The molecule has 16 nitrogen and oxygen atoms in total. The van der Waals surface area contributed by atoms with Crippen molar-refractivity contribution in [2.24, 2.45) is 0 Å². The lowest BCUT2D eigenvalue weighted by molar-refractivity contribution is -0.186. The fourth-order valence-corrected chi connectivity index (χ4v) is 8.09. The third-order valence-electron chi connectivity index (χ3n) is 12.3. The van der Waals surface area contributed by atoms with Crippen molar-refractivity contribution in [2.75, 3.05) is 79.8 Å². The van der Waals surface area contributed by atoms with Gasteiger partial charge in [0.2, 0.25) is 23.6 Å². The largest absolute Gasteiger partial charge is 0.471 e. The topological polar surface area (TPSA) is 182 Å². The lowest BCUT2D eigenvalue weighted by Gasteiger charge is -2.33. The molecule has 0 aromatic heterocycles. The summed E-state index contributed by atoms with van der Waals surface area (Å²) < 4.78 is 93.6. The number of nitrogens with one attached hydrogen (secondary N) is 4. The van der Waals surface area contributed by atoms with Crippen molar-refractivity contribution < 1.29 is 64.6 Å². The Labute approximate surface area is 416 Å². The van der Waals surface area contributed by atoms with Gasteiger partial charge in [0.1, 0.15) is 25.3 Å². The summed E-state index contributed by atoms with van der Waals surface area (Å²) in [5.74, 6) is 4.12. The number of hydrogen-bond acceptors (Lipinski definition) is 10. The van der Waals surface area contributed by atoms with Gasteiger partial charge in [-0.3, -0.25) is 28.8 Å². The molecule has 2 aromatic rings. The molecular formula is C50H64F6N8O8. The second kappa shape index (κ2) is 28.7. The quantitative estimate of drug-likeness (QED) is 0.0694. The van der Waals surface area contributed by atoms with E-state index in [9.17, 15) is 55.1 Å². The molecule has 0 bridgehead atoms. The van der Waals surface area contributed by atoms with Crippen LogP contribution >= 0.6 is 0 Å². The van der Waals surface area contributed by atoms with Gasteiger partial charge in [-0.2, -0.15) is 26.3 Å². The summed E-state index contributed by atoms with van der Waals surface area (Å²) in [4.78, 5) is 83.0. The van der Waals surface area contributed by atoms with Gasteiger partial charge in [0, 0.05) is 51.4 Å². The molecule has 394 valence electrons. The molecule has 2 fully saturated rings. The highest BCUT2D eigenvalue weighted by Crippen LogP contribution is 2.26. The molecule has 2 aromatic carbocycles. The average molecular weight is 1020 g/mol. The lowest BCUT2D eigenvalue weighted by atomic mass is 10.1. The lowest BCUT2D eigenvalue weighted by Crippen LogP contribution is -2.57. The molecule has 0 aliphatic carbocycles. The summed E-state index contributed by atoms with van der Waals surface area (Å²) in [6.07, 6.45) is -8.37. The number of hydrogen-bond donors (Lipinski definition) is 4. The van der Waals surface area contributed by atoms with E-state index in [1.807, 2.05) is 0 Å². The van der Waals surface area contributed by atoms with Crippen molar-refractivity contribution >= 4 is 35.4 Å². The van der Waals surface area contributed by atoms with E-state index in [4.69, 9.17) is 9.47 Å². The first kappa shape index (κ1) is 58.4. The van der Waals surface area contributed by atoms with Crippen LogP contribution in [0.4, 0.5) is 26.3 Å². The number of carbonyl (C=O) groups excluding carboxylic acids is 6. The Morgan fingerprint density at radius 3 is 1.32 bits per heavy atom. The number of nitrogens with zero attached hydrogens (tertiary/aromatic N) is 4. The van der Waals surface area contributed by atoms with Crippen molar-refractivity contribution in [1.82, 2.24) is 40.9 Å². The maximum Gasteiger partial charge on any atom is 0.471 e. The van der Waals surface area contributed by atoms with E-state index in [0.717, 1.165) is 11.1 Å². The number of amides is 6. The molecule has 4 rings (SSSR count). The van der Waals surface area contributed by atoms with Gasteiger partial charge in [-0.15, -0.1) is 0 Å². The predicted octanol–water partition coefficient (Wildman–Crippen LogP) is 2.46. The highest BCUT2D eigenvalue weighted by Gasteiger charge is 2.46. The van der Waals surface area contributed by atoms with Crippen molar-refractivity contribution in [3.63, 3.8) is 0 Å². The molecule has 0 unspecified atom stereocenters. The molecular weight excluding hydrogens is 955 g/mol. The van der Waals surface area contributed by atoms with Crippen LogP contribution in [0.2, 0.25) is 0 Å². The number of alkyl halides is 6. The first-order valence-corrected chi connectivity index (χ1v) is 23.7. The SMILES string of the molecule is CN[C@@H](C)C(=O)N[C@@H](COCC#CC#CCOC[C@H](NC(=O)[C@H](C)NC)C(=O)N1CCC[C@H]1CN(CCc1ccccc1)C(=O)C(F)(F)F)C(=O)N1CCC[C@H]1CN(CCc1ccccc1)C(=O)C(F)(F)F. The summed E-state index contributed by atoms with van der Waals surface area (Å²) in [6, 6.07) is 12.0. The zero-order valence-electron chi connectivity index (χ0n) is 40.9. The number of carbonyl (C=O) groups is 6. The van der Waals surface area contributed by atoms with Gasteiger partial charge in [-0.05, 0) is 89.4 Å². The molecule has 72 heavy (non-hydrogen) atoms. The van der Waals surface area contributed by atoms with Crippen LogP contribution in [0.5, 0.6) is 0 Å². The second-order valence-electron chi connectivity index (χ2n) is 17.4. The minimum atomic E-state index is -5.13. The summed E-state index contributed by atoms with van der Waals surface area (Å²) >= 11 is 0. The molecule has 22 heteroatoms. The van der Waals surface area contributed by atoms with Crippen LogP contribution in [0.15, 0.2) is 60.7 Å². The first-order chi connectivity index (χ1) is 34.2. The number of likely N-dealkylation sites (tertiary alicyclic amines) is 2. The third-order valence-corrected chi connectivity index (χ3v) is 12.3. The molecule has 2 aliphatic heterocycles. The Morgan fingerprint density at radius 2 is 0.986 bits per heavy atom. The summed E-state index contributed by atoms with van der Waals surface area (Å²) in [5, 5.41) is 10.8. The van der Waals surface area contributed by atoms with E-state index in [-0.39, 0.29) is 78.5 Å². The Balaban J connectivity index is 1.36. The van der Waals surface area contributed by atoms with Gasteiger partial charge in [0.05, 0.1) is 25.3 Å². The average Bonchev–Trinajstić information content (AvgIpc) is 4.04. The van der Waals surface area contributed by atoms with Gasteiger partial charge >= 0.3 is 24.2 Å². The van der Waals surface area contributed by atoms with Crippen LogP contribution in [-0.4, -0.2) is 183 Å². The van der Waals surface area contributed by atoms with Gasteiger partial charge in [0.15, 0.2) is 0 Å². The van der Waals surface area contributed by atoms with Crippen molar-refractivity contribution in [1.29, 1.82) is 0 Å². The zero-order valence-corrected chi connectivity index (χ0v) is 40.9. The van der Waals surface area contributed by atoms with E-state index >= 15 is 0 Å². The van der Waals surface area contributed by atoms with Gasteiger partial charge in [-0.1, -0.05) is 72.5 Å². The van der Waals surface area contributed by atoms with Crippen LogP contribution < -0.4 is 21.3 Å². The van der Waals surface area contributed by atoms with Crippen LogP contribution in [0.1, 0.15) is 50.7 Å². The zero-order chi connectivity index (χ0) is 52.8. The maximum atomic E-state index is 14.0. The molecule has 2 aliphatic rings. The highest BCUT2D eigenvalue weighted by molar-refractivity contribution is 5.91. The molecule has 6 atom stereocenters. The van der Waals surface area contributed by atoms with Crippen LogP contribution in [0, 0.1) is 23.7 Å². The molecule has 6 amide bonds. The minimum Gasteiger partial charge on any atom is -0.366 e. The maximum absolute atomic E-state index is 14.0. The standard InChI is InChI=1S/C50H64F6N8O8/c1-35(57-3)43(65)59-41(45(67)63-25-15-21-39(63)31-61(47(69)49(51,52)53)27-23-37-17-9-7-10-18-37)33-71-29-13-5-6-14-30-72-34-42(60-44(66)36(2)58-4)46(68)64-26-16-22-40(64)32-62(48(70)50(54,55)56)28-24-38-19-11-8-12-20-38/h7-12,17-20,35-36,39-42,57-58H,15-16,21-34H2,1-4H3,(H,59,65)(H,60,66)/t35-,36-,39-,40-,41-,42-/m0/s1. The Morgan fingerprint density at radius 1 is 0.625 bits per heavy atom. The fraction of sp³-hybridized carbons (Fsp3) is 0.560. The van der Waals surface area contributed by atoms with E-state index in [2.05, 4.69) is 44.9 Å². The molecule has 4 N–H and O–H groups in total. The van der Waals surface area contributed by atoms with E-state index in [1.54, 1.807) is 88.6 Å². The number of benzene rings is 2. The van der Waals surface area contributed by atoms with Crippen LogP contribution in [0.3, 0.4) is 0 Å². The summed E-state index contributed by atoms with van der Waals surface area (Å²) in [6.45, 7) is 1.07. The van der Waals surface area contributed by atoms with Gasteiger partial charge in [-0.25, -0.2) is 0 Å². The Hall–Kier alpha value is -6.20. The minimum absolute atomic E-state index is 0.163. The number of likely N-dealkylation sites (N-methyl/N-ethyl adjacent to an activating group) is 2. The van der Waals surface area contributed by atoms with Crippen molar-refractivity contribution in [3.8, 4) is 23.7 Å². The number of halogens is 6. The summed E-state index contributed by atoms with van der Waals surface area (Å²) in [5.41, 5.74) is 1.47. The van der Waals surface area contributed by atoms with Crippen molar-refractivity contribution in [3.05, 3.63) is 71.8 Å². The molecule has 0 radical (unpaired) electrons. The Bertz CT molecular complexity index is 2080. The van der Waals surface area contributed by atoms with E-state index < -0.39 is 84.0 Å². The van der Waals surface area contributed by atoms with Gasteiger partial charge in [0.25, 0.3) is 0 Å². The molecule has 2 heterocycles. The summed E-state index contributed by atoms with van der Waals surface area (Å²) in [7, 11) is 3.09. The van der Waals surface area contributed by atoms with E-state index in [0.29, 0.717) is 35.5 Å².